The van der Waals surface area contributed by atoms with Gasteiger partial charge in [-0.15, -0.1) is 5.10 Å². The van der Waals surface area contributed by atoms with Crippen molar-refractivity contribution in [1.29, 1.82) is 0 Å². The molecule has 0 spiro atoms. The van der Waals surface area contributed by atoms with Crippen molar-refractivity contribution in [3.8, 4) is 5.69 Å². The molecule has 1 aromatic carbocycles. The van der Waals surface area contributed by atoms with Gasteiger partial charge in [-0.3, -0.25) is 0 Å². The summed E-state index contributed by atoms with van der Waals surface area (Å²) < 4.78 is 1.81. The monoisotopic (exact) mass is 294 g/mol. The van der Waals surface area contributed by atoms with Crippen LogP contribution in [0.1, 0.15) is 32.0 Å². The van der Waals surface area contributed by atoms with E-state index in [1.165, 1.54) is 0 Å². The normalized spacial score (nSPS) is 14.5. The molecule has 0 saturated carbocycles. The van der Waals surface area contributed by atoms with E-state index in [4.69, 9.17) is 0 Å². The SMILES string of the molecule is CCC(c1nnnn1-c1ccccc1)C(C)Br. The molecule has 0 bridgehead atoms. The zero-order chi connectivity index (χ0) is 12.3. The van der Waals surface area contributed by atoms with E-state index >= 15 is 0 Å². The number of para-hydroxylation sites is 1. The summed E-state index contributed by atoms with van der Waals surface area (Å²) in [5, 5.41) is 12.0. The van der Waals surface area contributed by atoms with Crippen molar-refractivity contribution in [1.82, 2.24) is 20.2 Å². The first-order valence-electron chi connectivity index (χ1n) is 5.71. The molecule has 5 heteroatoms. The van der Waals surface area contributed by atoms with Gasteiger partial charge in [-0.25, -0.2) is 0 Å². The Morgan fingerprint density at radius 1 is 1.29 bits per heavy atom. The van der Waals surface area contributed by atoms with E-state index < -0.39 is 0 Å². The Labute approximate surface area is 109 Å². The lowest BCUT2D eigenvalue weighted by atomic mass is 10.0. The van der Waals surface area contributed by atoms with Crippen LogP contribution in [0.4, 0.5) is 0 Å². The van der Waals surface area contributed by atoms with Gasteiger partial charge in [0.1, 0.15) is 0 Å². The van der Waals surface area contributed by atoms with Crippen molar-refractivity contribution < 1.29 is 0 Å². The predicted octanol–water partition coefficient (Wildman–Crippen LogP) is 2.94. The van der Waals surface area contributed by atoms with Crippen LogP contribution in [0.2, 0.25) is 0 Å². The Balaban J connectivity index is 2.41. The summed E-state index contributed by atoms with van der Waals surface area (Å²) in [6.45, 7) is 4.27. The molecule has 0 aliphatic rings. The lowest BCUT2D eigenvalue weighted by Crippen LogP contribution is -2.14. The molecule has 2 aromatic rings. The van der Waals surface area contributed by atoms with Gasteiger partial charge in [0.05, 0.1) is 5.69 Å². The summed E-state index contributed by atoms with van der Waals surface area (Å²) in [6, 6.07) is 9.97. The minimum absolute atomic E-state index is 0.310. The van der Waals surface area contributed by atoms with Crippen LogP contribution in [0.5, 0.6) is 0 Å². The molecule has 4 nitrogen and oxygen atoms in total. The van der Waals surface area contributed by atoms with E-state index in [0.717, 1.165) is 17.9 Å². The van der Waals surface area contributed by atoms with E-state index in [-0.39, 0.29) is 0 Å². The Kier molecular flexibility index (Phi) is 3.89. The maximum Gasteiger partial charge on any atom is 0.160 e. The molecule has 17 heavy (non-hydrogen) atoms. The van der Waals surface area contributed by atoms with Crippen LogP contribution in [0, 0.1) is 0 Å². The van der Waals surface area contributed by atoms with Crippen molar-refractivity contribution in [2.75, 3.05) is 0 Å². The fourth-order valence-electron chi connectivity index (χ4n) is 1.89. The topological polar surface area (TPSA) is 43.6 Å². The molecule has 0 N–H and O–H groups in total. The molecule has 1 heterocycles. The summed E-state index contributed by atoms with van der Waals surface area (Å²) in [5.74, 6) is 1.22. The number of aromatic nitrogens is 4. The Morgan fingerprint density at radius 2 is 2.00 bits per heavy atom. The van der Waals surface area contributed by atoms with Gasteiger partial charge in [0, 0.05) is 10.7 Å². The third-order valence-corrected chi connectivity index (χ3v) is 3.46. The van der Waals surface area contributed by atoms with Gasteiger partial charge >= 0.3 is 0 Å². The fraction of sp³-hybridized carbons (Fsp3) is 0.417. The van der Waals surface area contributed by atoms with Gasteiger partial charge in [0.25, 0.3) is 0 Å². The largest absolute Gasteiger partial charge is 0.197 e. The first-order valence-corrected chi connectivity index (χ1v) is 6.63. The van der Waals surface area contributed by atoms with E-state index in [2.05, 4.69) is 45.3 Å². The Bertz CT molecular complexity index is 466. The van der Waals surface area contributed by atoms with Crippen molar-refractivity contribution in [2.24, 2.45) is 0 Å². The molecule has 2 unspecified atom stereocenters. The van der Waals surface area contributed by atoms with Crippen LogP contribution in [0.25, 0.3) is 5.69 Å². The summed E-state index contributed by atoms with van der Waals surface area (Å²) in [4.78, 5) is 0.348. The maximum atomic E-state index is 4.16. The number of hydrogen-bond acceptors (Lipinski definition) is 3. The minimum atomic E-state index is 0.310. The highest BCUT2D eigenvalue weighted by Crippen LogP contribution is 2.27. The number of benzene rings is 1. The van der Waals surface area contributed by atoms with E-state index in [9.17, 15) is 0 Å². The first-order chi connectivity index (χ1) is 8.24. The van der Waals surface area contributed by atoms with Crippen LogP contribution in [-0.2, 0) is 0 Å². The molecule has 0 saturated heterocycles. The Morgan fingerprint density at radius 3 is 2.59 bits per heavy atom. The highest BCUT2D eigenvalue weighted by Gasteiger charge is 2.22. The summed E-state index contributed by atoms with van der Waals surface area (Å²) in [5.41, 5.74) is 0.999. The maximum absolute atomic E-state index is 4.16. The smallest absolute Gasteiger partial charge is 0.160 e. The number of nitrogens with zero attached hydrogens (tertiary/aromatic N) is 4. The number of rotatable bonds is 4. The Hall–Kier alpha value is -1.23. The van der Waals surface area contributed by atoms with Gasteiger partial charge in [-0.2, -0.15) is 4.68 Å². The molecule has 0 amide bonds. The molecular weight excluding hydrogens is 280 g/mol. The van der Waals surface area contributed by atoms with E-state index in [0.29, 0.717) is 10.7 Å². The van der Waals surface area contributed by atoms with Crippen molar-refractivity contribution in [3.63, 3.8) is 0 Å². The third kappa shape index (κ3) is 2.54. The first kappa shape index (κ1) is 12.2. The fourth-order valence-corrected chi connectivity index (χ4v) is 2.50. The average Bonchev–Trinajstić information content (AvgIpc) is 2.80. The van der Waals surface area contributed by atoms with Gasteiger partial charge in [-0.05, 0) is 29.0 Å². The molecular formula is C12H15BrN4. The standard InChI is InChI=1S/C12H15BrN4/c1-3-11(9(2)13)12-14-15-16-17(12)10-7-5-4-6-8-10/h4-9,11H,3H2,1-2H3. The number of halogens is 1. The lowest BCUT2D eigenvalue weighted by Gasteiger charge is -2.16. The van der Waals surface area contributed by atoms with Crippen LogP contribution in [0.15, 0.2) is 30.3 Å². The molecule has 0 fully saturated rings. The van der Waals surface area contributed by atoms with Gasteiger partial charge < -0.3 is 0 Å². The third-order valence-electron chi connectivity index (χ3n) is 2.82. The zero-order valence-corrected chi connectivity index (χ0v) is 11.5. The van der Waals surface area contributed by atoms with Crippen molar-refractivity contribution in [2.45, 2.75) is 31.0 Å². The average molecular weight is 295 g/mol. The second-order valence-corrected chi connectivity index (χ2v) is 5.42. The van der Waals surface area contributed by atoms with E-state index in [1.54, 1.807) is 0 Å². The molecule has 2 atom stereocenters. The van der Waals surface area contributed by atoms with Gasteiger partial charge in [0.15, 0.2) is 5.82 Å². The molecule has 0 aliphatic heterocycles. The second-order valence-electron chi connectivity index (χ2n) is 3.98. The predicted molar refractivity (Wildman–Crippen MR) is 70.6 cm³/mol. The second kappa shape index (κ2) is 5.40. The number of hydrogen-bond donors (Lipinski definition) is 0. The minimum Gasteiger partial charge on any atom is -0.197 e. The summed E-state index contributed by atoms with van der Waals surface area (Å²) in [7, 11) is 0. The number of tetrazole rings is 1. The summed E-state index contributed by atoms with van der Waals surface area (Å²) in [6.07, 6.45) is 1.000. The zero-order valence-electron chi connectivity index (χ0n) is 9.92. The highest BCUT2D eigenvalue weighted by molar-refractivity contribution is 9.09. The van der Waals surface area contributed by atoms with E-state index in [1.807, 2.05) is 35.0 Å². The molecule has 2 rings (SSSR count). The quantitative estimate of drug-likeness (QED) is 0.815. The van der Waals surface area contributed by atoms with Gasteiger partial charge in [-0.1, -0.05) is 48.0 Å². The van der Waals surface area contributed by atoms with Crippen LogP contribution >= 0.6 is 15.9 Å². The molecule has 1 aromatic heterocycles. The highest BCUT2D eigenvalue weighted by atomic mass is 79.9. The lowest BCUT2D eigenvalue weighted by molar-refractivity contribution is 0.598. The van der Waals surface area contributed by atoms with Crippen molar-refractivity contribution >= 4 is 15.9 Å². The molecule has 90 valence electrons. The van der Waals surface area contributed by atoms with Crippen LogP contribution in [-0.4, -0.2) is 25.0 Å². The molecule has 0 radical (unpaired) electrons. The van der Waals surface area contributed by atoms with Crippen LogP contribution < -0.4 is 0 Å². The molecule has 0 aliphatic carbocycles. The van der Waals surface area contributed by atoms with Gasteiger partial charge in [0.2, 0.25) is 0 Å². The summed E-state index contributed by atoms with van der Waals surface area (Å²) >= 11 is 3.62. The number of alkyl halides is 1. The van der Waals surface area contributed by atoms with Crippen LogP contribution in [0.3, 0.4) is 0 Å². The van der Waals surface area contributed by atoms with Crippen molar-refractivity contribution in [3.05, 3.63) is 36.2 Å².